The van der Waals surface area contributed by atoms with E-state index in [0.29, 0.717) is 5.70 Å². The van der Waals surface area contributed by atoms with Crippen molar-refractivity contribution >= 4 is 27.4 Å². The lowest BCUT2D eigenvalue weighted by molar-refractivity contribution is -0.115. The van der Waals surface area contributed by atoms with Crippen molar-refractivity contribution in [3.05, 3.63) is 70.4 Å². The molecule has 2 aromatic rings. The molecule has 11 heteroatoms. The number of rotatable bonds is 7. The molecule has 1 aliphatic rings. The third-order valence-electron chi connectivity index (χ3n) is 5.96. The van der Waals surface area contributed by atoms with Gasteiger partial charge in [0.25, 0.3) is 6.43 Å². The topological polar surface area (TPSA) is 128 Å². The second kappa shape index (κ2) is 10.3. The van der Waals surface area contributed by atoms with Crippen molar-refractivity contribution in [1.29, 1.82) is 5.26 Å². The van der Waals surface area contributed by atoms with E-state index in [1.54, 1.807) is 20.8 Å². The minimum absolute atomic E-state index is 0.0182. The zero-order chi connectivity index (χ0) is 27.7. The average molecular weight is 532 g/mol. The van der Waals surface area contributed by atoms with E-state index in [2.05, 4.69) is 5.32 Å². The minimum atomic E-state index is -3.96. The lowest BCUT2D eigenvalue weighted by Gasteiger charge is -2.41. The van der Waals surface area contributed by atoms with Crippen LogP contribution in [0, 0.1) is 11.3 Å². The number of ketones is 1. The first kappa shape index (κ1) is 27.8. The Labute approximate surface area is 214 Å². The number of benzene rings is 2. The number of hydrogen-bond donors (Lipinski definition) is 2. The molecule has 8 nitrogen and oxygen atoms in total. The van der Waals surface area contributed by atoms with Crippen molar-refractivity contribution in [2.24, 2.45) is 0 Å². The molecule has 1 unspecified atom stereocenters. The van der Waals surface area contributed by atoms with Crippen LogP contribution in [0.5, 0.6) is 0 Å². The molecular weight excluding hydrogens is 504 g/mol. The van der Waals surface area contributed by atoms with Crippen molar-refractivity contribution in [2.45, 2.75) is 56.5 Å². The van der Waals surface area contributed by atoms with Crippen LogP contribution >= 0.6 is 0 Å². The van der Waals surface area contributed by atoms with Gasteiger partial charge in [0, 0.05) is 40.7 Å². The van der Waals surface area contributed by atoms with Crippen LogP contribution in [0.25, 0.3) is 0 Å². The van der Waals surface area contributed by atoms with Crippen LogP contribution < -0.4 is 5.32 Å². The molecule has 0 saturated carbocycles. The van der Waals surface area contributed by atoms with Crippen LogP contribution in [0.4, 0.5) is 19.3 Å². The van der Waals surface area contributed by atoms with Gasteiger partial charge in [-0.2, -0.15) is 5.26 Å². The smallest absolute Gasteiger partial charge is 0.408 e. The zero-order valence-electron chi connectivity index (χ0n) is 20.7. The second-order valence-electron chi connectivity index (χ2n) is 9.73. The van der Waals surface area contributed by atoms with E-state index >= 15 is 0 Å². The molecule has 0 aromatic heterocycles. The standard InChI is InChI=1S/C26H27F2N3O5S/c1-26(2,3)31(25(33)34)23(18-9-8-15(14-29)12-21(18)37(4,35)36)22-19(10-11-20(22)32)30-17-7-5-6-16(13-17)24(27)28/h5-9,12-13,23-24,30H,10-11H2,1-4H3,(H,33,34). The number of carbonyl (C=O) groups is 2. The summed E-state index contributed by atoms with van der Waals surface area (Å²) in [6.07, 6.45) is -2.98. The number of sulfone groups is 1. The zero-order valence-corrected chi connectivity index (χ0v) is 21.6. The number of carboxylic acid groups (broad SMARTS) is 1. The Morgan fingerprint density at radius 3 is 2.38 bits per heavy atom. The SMILES string of the molecule is CC(C)(C)N(C(=O)O)C(C1=C(Nc2cccc(C(F)F)c2)CCC1=O)c1ccc(C#N)cc1S(C)(=O)=O. The molecule has 37 heavy (non-hydrogen) atoms. The van der Waals surface area contributed by atoms with Crippen LogP contribution in [-0.2, 0) is 14.6 Å². The molecule has 1 amide bonds. The summed E-state index contributed by atoms with van der Waals surface area (Å²) in [4.78, 5) is 26.6. The Kier molecular flexibility index (Phi) is 7.74. The van der Waals surface area contributed by atoms with Gasteiger partial charge in [0.1, 0.15) is 0 Å². The fourth-order valence-corrected chi connectivity index (χ4v) is 5.36. The number of alkyl halides is 2. The number of nitrogens with zero attached hydrogens (tertiary/aromatic N) is 2. The highest BCUT2D eigenvalue weighted by Crippen LogP contribution is 2.43. The highest BCUT2D eigenvalue weighted by molar-refractivity contribution is 7.90. The number of anilines is 1. The number of Topliss-reactive ketones (excluding diaryl/α,β-unsaturated/α-hetero) is 1. The van der Waals surface area contributed by atoms with E-state index in [-0.39, 0.29) is 45.7 Å². The molecule has 0 fully saturated rings. The van der Waals surface area contributed by atoms with Gasteiger partial charge in [-0.15, -0.1) is 0 Å². The van der Waals surface area contributed by atoms with Crippen molar-refractivity contribution in [3.63, 3.8) is 0 Å². The summed E-state index contributed by atoms with van der Waals surface area (Å²) in [6, 6.07) is 9.83. The van der Waals surface area contributed by atoms with Gasteiger partial charge in [0.05, 0.1) is 22.6 Å². The Balaban J connectivity index is 2.34. The van der Waals surface area contributed by atoms with Crippen molar-refractivity contribution < 1.29 is 31.9 Å². The molecule has 2 N–H and O–H groups in total. The first-order valence-corrected chi connectivity index (χ1v) is 13.2. The Hall–Kier alpha value is -3.78. The summed E-state index contributed by atoms with van der Waals surface area (Å²) in [5.41, 5.74) is -0.648. The summed E-state index contributed by atoms with van der Waals surface area (Å²) in [5, 5.41) is 22.6. The second-order valence-corrected chi connectivity index (χ2v) is 11.7. The number of halogens is 2. The van der Waals surface area contributed by atoms with Crippen molar-refractivity contribution in [1.82, 2.24) is 4.90 Å². The number of hydrogen-bond acceptors (Lipinski definition) is 6. The highest BCUT2D eigenvalue weighted by atomic mass is 32.2. The maximum atomic E-state index is 13.3. The molecule has 0 bridgehead atoms. The Bertz CT molecular complexity index is 1420. The highest BCUT2D eigenvalue weighted by Gasteiger charge is 2.43. The molecule has 196 valence electrons. The minimum Gasteiger partial charge on any atom is -0.465 e. The van der Waals surface area contributed by atoms with E-state index in [1.807, 2.05) is 6.07 Å². The van der Waals surface area contributed by atoms with Gasteiger partial charge in [-0.25, -0.2) is 22.0 Å². The first-order chi connectivity index (χ1) is 17.1. The van der Waals surface area contributed by atoms with Gasteiger partial charge in [-0.3, -0.25) is 9.69 Å². The lowest BCUT2D eigenvalue weighted by Crippen LogP contribution is -2.48. The summed E-state index contributed by atoms with van der Waals surface area (Å²) < 4.78 is 52.0. The number of amides is 1. The molecule has 0 radical (unpaired) electrons. The summed E-state index contributed by atoms with van der Waals surface area (Å²) >= 11 is 0. The van der Waals surface area contributed by atoms with Gasteiger partial charge in [0.2, 0.25) is 0 Å². The van der Waals surface area contributed by atoms with Crippen LogP contribution in [0.1, 0.15) is 62.8 Å². The van der Waals surface area contributed by atoms with Gasteiger partial charge in [-0.1, -0.05) is 18.2 Å². The predicted octanol–water partition coefficient (Wildman–Crippen LogP) is 5.45. The third-order valence-corrected chi connectivity index (χ3v) is 7.11. The maximum Gasteiger partial charge on any atom is 0.408 e. The molecule has 3 rings (SSSR count). The van der Waals surface area contributed by atoms with Crippen molar-refractivity contribution in [2.75, 3.05) is 11.6 Å². The maximum absolute atomic E-state index is 13.3. The monoisotopic (exact) mass is 531 g/mol. The molecule has 2 aromatic carbocycles. The Morgan fingerprint density at radius 1 is 1.16 bits per heavy atom. The number of nitriles is 1. The summed E-state index contributed by atoms with van der Waals surface area (Å²) in [5.74, 6) is -0.406. The average Bonchev–Trinajstić information content (AvgIpc) is 3.14. The summed E-state index contributed by atoms with van der Waals surface area (Å²) in [7, 11) is -3.96. The predicted molar refractivity (Wildman–Crippen MR) is 133 cm³/mol. The molecule has 0 heterocycles. The van der Waals surface area contributed by atoms with E-state index in [0.717, 1.165) is 17.2 Å². The van der Waals surface area contributed by atoms with E-state index in [4.69, 9.17) is 0 Å². The molecule has 1 atom stereocenters. The van der Waals surface area contributed by atoms with E-state index in [1.165, 1.54) is 36.4 Å². The molecule has 1 aliphatic carbocycles. The normalized spacial score (nSPS) is 15.0. The van der Waals surface area contributed by atoms with Gasteiger partial charge < -0.3 is 10.4 Å². The molecule has 0 saturated heterocycles. The number of nitrogens with one attached hydrogen (secondary N) is 1. The third kappa shape index (κ3) is 5.97. The molecule has 0 aliphatic heterocycles. The van der Waals surface area contributed by atoms with Crippen LogP contribution in [0.2, 0.25) is 0 Å². The summed E-state index contributed by atoms with van der Waals surface area (Å²) in [6.45, 7) is 4.82. The Morgan fingerprint density at radius 2 is 1.84 bits per heavy atom. The largest absolute Gasteiger partial charge is 0.465 e. The number of carbonyl (C=O) groups excluding carboxylic acids is 1. The fraction of sp³-hybridized carbons (Fsp3) is 0.346. The van der Waals surface area contributed by atoms with E-state index < -0.39 is 39.7 Å². The van der Waals surface area contributed by atoms with Crippen molar-refractivity contribution in [3.8, 4) is 6.07 Å². The molecule has 0 spiro atoms. The molecular formula is C26H27F2N3O5S. The van der Waals surface area contributed by atoms with Gasteiger partial charge in [-0.05, 0) is 57.0 Å². The first-order valence-electron chi connectivity index (χ1n) is 11.3. The quantitative estimate of drug-likeness (QED) is 0.486. The van der Waals surface area contributed by atoms with Crippen LogP contribution in [0.3, 0.4) is 0 Å². The van der Waals surface area contributed by atoms with E-state index in [9.17, 15) is 37.2 Å². The van der Waals surface area contributed by atoms with Gasteiger partial charge in [0.15, 0.2) is 15.6 Å². The van der Waals surface area contributed by atoms with Gasteiger partial charge >= 0.3 is 6.09 Å². The van der Waals surface area contributed by atoms with Crippen LogP contribution in [0.15, 0.2) is 58.6 Å². The number of allylic oxidation sites excluding steroid dienone is 1. The van der Waals surface area contributed by atoms with Crippen LogP contribution in [-0.4, -0.2) is 42.1 Å². The lowest BCUT2D eigenvalue weighted by atomic mass is 9.90. The fourth-order valence-electron chi connectivity index (χ4n) is 4.41.